The molecule has 0 saturated carbocycles. The Morgan fingerprint density at radius 3 is 2.74 bits per heavy atom. The number of benzene rings is 1. The van der Waals surface area contributed by atoms with Gasteiger partial charge in [0, 0.05) is 11.8 Å². The lowest BCUT2D eigenvalue weighted by molar-refractivity contribution is -0.142. The highest BCUT2D eigenvalue weighted by molar-refractivity contribution is 8.00. The Kier molecular flexibility index (Phi) is 6.56. The molecule has 1 aromatic carbocycles. The van der Waals surface area contributed by atoms with Crippen molar-refractivity contribution >= 4 is 23.4 Å². The number of hydrogen-bond donors (Lipinski definition) is 1. The van der Waals surface area contributed by atoms with E-state index in [1.54, 1.807) is 19.2 Å². The summed E-state index contributed by atoms with van der Waals surface area (Å²) in [6, 6.07) is 5.44. The van der Waals surface area contributed by atoms with Crippen LogP contribution in [-0.4, -0.2) is 24.9 Å². The van der Waals surface area contributed by atoms with Gasteiger partial charge in [-0.1, -0.05) is 13.3 Å². The summed E-state index contributed by atoms with van der Waals surface area (Å²) in [7, 11) is 1.60. The van der Waals surface area contributed by atoms with E-state index in [4.69, 9.17) is 15.2 Å². The molecule has 1 rings (SSSR count). The lowest BCUT2D eigenvalue weighted by Crippen LogP contribution is -2.20. The molecular weight excluding hydrogens is 262 g/mol. The van der Waals surface area contributed by atoms with Gasteiger partial charge in [-0.05, 0) is 25.5 Å². The third kappa shape index (κ3) is 4.67. The normalized spacial score (nSPS) is 11.9. The number of rotatable bonds is 7. The molecule has 1 aromatic rings. The largest absolute Gasteiger partial charge is 0.496 e. The first-order chi connectivity index (χ1) is 9.12. The third-order valence-electron chi connectivity index (χ3n) is 2.56. The van der Waals surface area contributed by atoms with Crippen molar-refractivity contribution in [1.29, 1.82) is 0 Å². The summed E-state index contributed by atoms with van der Waals surface area (Å²) in [5, 5.41) is -0.206. The zero-order valence-corrected chi connectivity index (χ0v) is 12.5. The van der Waals surface area contributed by atoms with E-state index >= 15 is 0 Å². The minimum Gasteiger partial charge on any atom is -0.496 e. The van der Waals surface area contributed by atoms with Crippen molar-refractivity contribution in [3.63, 3.8) is 0 Å². The Morgan fingerprint density at radius 1 is 1.42 bits per heavy atom. The summed E-state index contributed by atoms with van der Waals surface area (Å²) in [5.41, 5.74) is 6.36. The fourth-order valence-electron chi connectivity index (χ4n) is 1.66. The molecule has 5 heteroatoms. The minimum atomic E-state index is -0.206. The molecule has 1 unspecified atom stereocenters. The first kappa shape index (κ1) is 15.7. The molecule has 0 spiro atoms. The zero-order valence-electron chi connectivity index (χ0n) is 11.6. The summed E-state index contributed by atoms with van der Waals surface area (Å²) in [6.45, 7) is 4.26. The van der Waals surface area contributed by atoms with Gasteiger partial charge in [-0.15, -0.1) is 11.8 Å². The van der Waals surface area contributed by atoms with E-state index in [0.717, 1.165) is 17.7 Å². The van der Waals surface area contributed by atoms with Gasteiger partial charge in [0.15, 0.2) is 0 Å². The van der Waals surface area contributed by atoms with Gasteiger partial charge in [0.25, 0.3) is 0 Å². The van der Waals surface area contributed by atoms with Crippen molar-refractivity contribution in [2.75, 3.05) is 19.5 Å². The maximum absolute atomic E-state index is 11.9. The summed E-state index contributed by atoms with van der Waals surface area (Å²) >= 11 is 1.47. The summed E-state index contributed by atoms with van der Waals surface area (Å²) in [6.07, 6.45) is 1.70. The maximum Gasteiger partial charge on any atom is 0.319 e. The Bertz CT molecular complexity index is 423. The average Bonchev–Trinajstić information content (AvgIpc) is 2.40. The van der Waals surface area contributed by atoms with Crippen LogP contribution in [0.4, 0.5) is 5.69 Å². The number of anilines is 1. The van der Waals surface area contributed by atoms with E-state index in [-0.39, 0.29) is 11.2 Å². The SMILES string of the molecule is CCCC(Sc1ccc(N)cc1OC)C(=O)OCC. The second kappa shape index (κ2) is 7.94. The summed E-state index contributed by atoms with van der Waals surface area (Å²) < 4.78 is 10.4. The number of ether oxygens (including phenoxy) is 2. The molecule has 0 aliphatic heterocycles. The van der Waals surface area contributed by atoms with Crippen molar-refractivity contribution in [2.24, 2.45) is 0 Å². The Hall–Kier alpha value is -1.36. The first-order valence-electron chi connectivity index (χ1n) is 6.39. The molecule has 0 amide bonds. The number of carbonyl (C=O) groups excluding carboxylic acids is 1. The second-order valence-electron chi connectivity index (χ2n) is 4.06. The second-order valence-corrected chi connectivity index (χ2v) is 5.30. The number of esters is 1. The first-order valence-corrected chi connectivity index (χ1v) is 7.27. The number of carbonyl (C=O) groups is 1. The maximum atomic E-state index is 11.9. The zero-order chi connectivity index (χ0) is 14.3. The minimum absolute atomic E-state index is 0.173. The van der Waals surface area contributed by atoms with E-state index in [1.807, 2.05) is 19.9 Å². The van der Waals surface area contributed by atoms with Gasteiger partial charge in [0.1, 0.15) is 11.0 Å². The van der Waals surface area contributed by atoms with Crippen molar-refractivity contribution in [3.8, 4) is 5.75 Å². The number of methoxy groups -OCH3 is 1. The molecule has 4 nitrogen and oxygen atoms in total. The molecule has 0 saturated heterocycles. The van der Waals surface area contributed by atoms with E-state index in [2.05, 4.69) is 0 Å². The van der Waals surface area contributed by atoms with Gasteiger partial charge >= 0.3 is 5.97 Å². The highest BCUT2D eigenvalue weighted by atomic mass is 32.2. The molecule has 1 atom stereocenters. The van der Waals surface area contributed by atoms with Crippen molar-refractivity contribution in [2.45, 2.75) is 36.8 Å². The molecule has 0 radical (unpaired) electrons. The van der Waals surface area contributed by atoms with Gasteiger partial charge < -0.3 is 15.2 Å². The molecule has 2 N–H and O–H groups in total. The van der Waals surface area contributed by atoms with Gasteiger partial charge in [0.05, 0.1) is 18.6 Å². The monoisotopic (exact) mass is 283 g/mol. The molecule has 0 aliphatic carbocycles. The third-order valence-corrected chi connectivity index (χ3v) is 3.86. The van der Waals surface area contributed by atoms with Crippen molar-refractivity contribution in [1.82, 2.24) is 0 Å². The van der Waals surface area contributed by atoms with Crippen molar-refractivity contribution < 1.29 is 14.3 Å². The van der Waals surface area contributed by atoms with Crippen LogP contribution >= 0.6 is 11.8 Å². The standard InChI is InChI=1S/C14H21NO3S/c1-4-6-13(14(16)18-5-2)19-12-8-7-10(15)9-11(12)17-3/h7-9,13H,4-6,15H2,1-3H3. The van der Waals surface area contributed by atoms with Crippen LogP contribution in [0, 0.1) is 0 Å². The highest BCUT2D eigenvalue weighted by Gasteiger charge is 2.21. The van der Waals surface area contributed by atoms with Crippen LogP contribution in [-0.2, 0) is 9.53 Å². The fraction of sp³-hybridized carbons (Fsp3) is 0.500. The molecule has 0 heterocycles. The predicted octanol–water partition coefficient (Wildman–Crippen LogP) is 3.10. The van der Waals surface area contributed by atoms with Gasteiger partial charge in [-0.3, -0.25) is 4.79 Å². The molecular formula is C14H21NO3S. The average molecular weight is 283 g/mol. The molecule has 0 bridgehead atoms. The fourth-order valence-corrected chi connectivity index (χ4v) is 2.89. The van der Waals surface area contributed by atoms with Crippen LogP contribution < -0.4 is 10.5 Å². The Balaban J connectivity index is 2.86. The molecule has 0 aliphatic rings. The topological polar surface area (TPSA) is 61.5 Å². The smallest absolute Gasteiger partial charge is 0.319 e. The van der Waals surface area contributed by atoms with Crippen LogP contribution in [0.3, 0.4) is 0 Å². The van der Waals surface area contributed by atoms with Crippen LogP contribution in [0.15, 0.2) is 23.1 Å². The van der Waals surface area contributed by atoms with E-state index < -0.39 is 0 Å². The van der Waals surface area contributed by atoms with E-state index in [0.29, 0.717) is 18.0 Å². The number of nitrogen functional groups attached to an aromatic ring is 1. The molecule has 0 fully saturated rings. The lowest BCUT2D eigenvalue weighted by Gasteiger charge is -2.16. The molecule has 19 heavy (non-hydrogen) atoms. The van der Waals surface area contributed by atoms with Crippen LogP contribution in [0.2, 0.25) is 0 Å². The highest BCUT2D eigenvalue weighted by Crippen LogP contribution is 2.35. The molecule has 0 aromatic heterocycles. The number of nitrogens with two attached hydrogens (primary N) is 1. The van der Waals surface area contributed by atoms with E-state index in [1.165, 1.54) is 11.8 Å². The number of hydrogen-bond acceptors (Lipinski definition) is 5. The van der Waals surface area contributed by atoms with Crippen LogP contribution in [0.5, 0.6) is 5.75 Å². The Labute approximate surface area is 118 Å². The lowest BCUT2D eigenvalue weighted by atomic mass is 10.2. The van der Waals surface area contributed by atoms with Crippen molar-refractivity contribution in [3.05, 3.63) is 18.2 Å². The van der Waals surface area contributed by atoms with E-state index in [9.17, 15) is 4.79 Å². The molecule has 106 valence electrons. The van der Waals surface area contributed by atoms with Gasteiger partial charge in [0.2, 0.25) is 0 Å². The van der Waals surface area contributed by atoms with Crippen LogP contribution in [0.1, 0.15) is 26.7 Å². The number of thioether (sulfide) groups is 1. The summed E-state index contributed by atoms with van der Waals surface area (Å²) in [4.78, 5) is 12.8. The van der Waals surface area contributed by atoms with Crippen LogP contribution in [0.25, 0.3) is 0 Å². The summed E-state index contributed by atoms with van der Waals surface area (Å²) in [5.74, 6) is 0.517. The van der Waals surface area contributed by atoms with Gasteiger partial charge in [-0.25, -0.2) is 0 Å². The quantitative estimate of drug-likeness (QED) is 0.473. The van der Waals surface area contributed by atoms with Gasteiger partial charge in [-0.2, -0.15) is 0 Å². The Morgan fingerprint density at radius 2 is 2.16 bits per heavy atom. The predicted molar refractivity (Wildman–Crippen MR) is 78.6 cm³/mol.